The molecular weight excluding hydrogens is 450 g/mol. The molecular formula is C22H17N3O5S2. The van der Waals surface area contributed by atoms with Gasteiger partial charge in [0.25, 0.3) is 10.0 Å². The molecule has 2 aromatic carbocycles. The van der Waals surface area contributed by atoms with Crippen molar-refractivity contribution in [2.24, 2.45) is 0 Å². The molecule has 0 aliphatic carbocycles. The Bertz CT molecular complexity index is 1350. The van der Waals surface area contributed by atoms with Crippen molar-refractivity contribution < 1.29 is 23.1 Å². The predicted molar refractivity (Wildman–Crippen MR) is 119 cm³/mol. The molecule has 10 heteroatoms. The molecule has 4 rings (SSSR count). The average molecular weight is 468 g/mol. The van der Waals surface area contributed by atoms with E-state index in [-0.39, 0.29) is 22.1 Å². The fraction of sp³-hybridized carbons (Fsp3) is 0.136. The Morgan fingerprint density at radius 3 is 2.44 bits per heavy atom. The van der Waals surface area contributed by atoms with E-state index in [1.165, 1.54) is 36.2 Å². The monoisotopic (exact) mass is 467 g/mol. The quantitative estimate of drug-likeness (QED) is 0.591. The van der Waals surface area contributed by atoms with E-state index in [1.807, 2.05) is 30.3 Å². The topological polar surface area (TPSA) is 108 Å². The highest BCUT2D eigenvalue weighted by atomic mass is 32.2. The molecule has 1 aliphatic heterocycles. The van der Waals surface area contributed by atoms with Crippen molar-refractivity contribution in [3.05, 3.63) is 76.3 Å². The molecule has 0 saturated heterocycles. The fourth-order valence-corrected chi connectivity index (χ4v) is 5.79. The number of hydrogen-bond donors (Lipinski definition) is 1. The summed E-state index contributed by atoms with van der Waals surface area (Å²) in [6.07, 6.45) is 0.491. The van der Waals surface area contributed by atoms with Crippen molar-refractivity contribution in [1.29, 1.82) is 0 Å². The molecule has 0 atom stereocenters. The third kappa shape index (κ3) is 4.08. The standard InChI is InChI=1S/C22H17N3O5S2/c1-24-20-19(23-18(31-20)9-5-8-15-6-3-2-4-7-15)32(29,30)25(22(24)28)14-16-10-12-17(13-11-16)21(26)27/h2-4,6-7,10-13H,8,14H2,1H3,(H,26,27). The van der Waals surface area contributed by atoms with Gasteiger partial charge >= 0.3 is 12.0 Å². The number of sulfonamides is 1. The van der Waals surface area contributed by atoms with Gasteiger partial charge in [0.05, 0.1) is 12.1 Å². The largest absolute Gasteiger partial charge is 0.478 e. The molecule has 2 amide bonds. The lowest BCUT2D eigenvalue weighted by molar-refractivity contribution is 0.0696. The van der Waals surface area contributed by atoms with Gasteiger partial charge in [-0.25, -0.2) is 18.9 Å². The molecule has 0 fully saturated rings. The molecule has 0 spiro atoms. The summed E-state index contributed by atoms with van der Waals surface area (Å²) in [5.41, 5.74) is 1.57. The summed E-state index contributed by atoms with van der Waals surface area (Å²) >= 11 is 1.05. The van der Waals surface area contributed by atoms with Crippen LogP contribution in [0.1, 0.15) is 26.5 Å². The maximum atomic E-state index is 13.1. The van der Waals surface area contributed by atoms with Crippen LogP contribution in [0.4, 0.5) is 9.80 Å². The second-order valence-corrected chi connectivity index (χ2v) is 9.70. The SMILES string of the molecule is CN1C(=O)N(Cc2ccc(C(=O)O)cc2)S(=O)(=O)c2nc(C#CCc3ccccc3)sc21. The highest BCUT2D eigenvalue weighted by Gasteiger charge is 2.43. The number of aromatic nitrogens is 1. The van der Waals surface area contributed by atoms with E-state index in [0.29, 0.717) is 17.0 Å². The Morgan fingerprint density at radius 1 is 1.09 bits per heavy atom. The zero-order valence-corrected chi connectivity index (χ0v) is 18.5. The van der Waals surface area contributed by atoms with E-state index in [9.17, 15) is 18.0 Å². The van der Waals surface area contributed by atoms with Gasteiger partial charge in [0.2, 0.25) is 5.03 Å². The summed E-state index contributed by atoms with van der Waals surface area (Å²) in [7, 11) is -2.71. The van der Waals surface area contributed by atoms with Crippen LogP contribution in [0.3, 0.4) is 0 Å². The number of rotatable bonds is 4. The van der Waals surface area contributed by atoms with Crippen LogP contribution in [0.15, 0.2) is 59.6 Å². The van der Waals surface area contributed by atoms with Crippen molar-refractivity contribution in [1.82, 2.24) is 9.29 Å². The first-order chi connectivity index (χ1) is 15.3. The highest BCUT2D eigenvalue weighted by Crippen LogP contribution is 2.38. The number of urea groups is 1. The third-order valence-corrected chi connectivity index (χ3v) is 7.59. The van der Waals surface area contributed by atoms with Gasteiger partial charge in [0, 0.05) is 13.5 Å². The van der Waals surface area contributed by atoms with Gasteiger partial charge < -0.3 is 5.11 Å². The number of hydrogen-bond acceptors (Lipinski definition) is 6. The minimum absolute atomic E-state index is 0.0687. The molecule has 32 heavy (non-hydrogen) atoms. The Labute approximate surface area is 188 Å². The smallest absolute Gasteiger partial charge is 0.339 e. The first kappa shape index (κ1) is 21.5. The number of aromatic carboxylic acids is 1. The number of amides is 2. The number of carbonyl (C=O) groups is 2. The van der Waals surface area contributed by atoms with E-state index in [1.54, 1.807) is 0 Å². The maximum absolute atomic E-state index is 13.1. The molecule has 0 saturated carbocycles. The summed E-state index contributed by atoms with van der Waals surface area (Å²) in [6.45, 7) is -0.239. The van der Waals surface area contributed by atoms with Gasteiger partial charge in [0.1, 0.15) is 5.00 Å². The first-order valence-electron chi connectivity index (χ1n) is 9.43. The summed E-state index contributed by atoms with van der Waals surface area (Å²) < 4.78 is 27.0. The second-order valence-electron chi connectivity index (χ2n) is 6.95. The van der Waals surface area contributed by atoms with Gasteiger partial charge in [-0.15, -0.1) is 0 Å². The van der Waals surface area contributed by atoms with Crippen molar-refractivity contribution in [3.63, 3.8) is 0 Å². The van der Waals surface area contributed by atoms with Crippen molar-refractivity contribution >= 4 is 38.4 Å². The van der Waals surface area contributed by atoms with Gasteiger partial charge in [-0.2, -0.15) is 8.42 Å². The minimum atomic E-state index is -4.19. The van der Waals surface area contributed by atoms with E-state index < -0.39 is 22.0 Å². The molecule has 162 valence electrons. The van der Waals surface area contributed by atoms with Crippen LogP contribution in [0, 0.1) is 11.8 Å². The molecule has 1 aromatic heterocycles. The lowest BCUT2D eigenvalue weighted by atomic mass is 10.1. The van der Waals surface area contributed by atoms with Crippen LogP contribution in [0.5, 0.6) is 0 Å². The molecule has 0 unspecified atom stereocenters. The predicted octanol–water partition coefficient (Wildman–Crippen LogP) is 3.20. The Kier molecular flexibility index (Phi) is 5.69. The molecule has 0 radical (unpaired) electrons. The summed E-state index contributed by atoms with van der Waals surface area (Å²) in [6, 6.07) is 14.6. The zero-order valence-electron chi connectivity index (χ0n) is 16.8. The fourth-order valence-electron chi connectivity index (χ4n) is 3.08. The molecule has 1 aliphatic rings. The maximum Gasteiger partial charge on any atom is 0.339 e. The second kappa shape index (κ2) is 8.45. The van der Waals surface area contributed by atoms with Gasteiger partial charge in [-0.3, -0.25) is 4.90 Å². The normalized spacial score (nSPS) is 14.5. The average Bonchev–Trinajstić information content (AvgIpc) is 3.22. The summed E-state index contributed by atoms with van der Waals surface area (Å²) in [5, 5.41) is 9.32. The number of carbonyl (C=O) groups excluding carboxylic acids is 1. The molecule has 8 nitrogen and oxygen atoms in total. The van der Waals surface area contributed by atoms with Crippen LogP contribution < -0.4 is 4.90 Å². The van der Waals surface area contributed by atoms with Gasteiger partial charge in [-0.1, -0.05) is 59.7 Å². The van der Waals surface area contributed by atoms with Crippen LogP contribution in [-0.2, 0) is 23.0 Å². The summed E-state index contributed by atoms with van der Waals surface area (Å²) in [5.74, 6) is 4.78. The lowest BCUT2D eigenvalue weighted by Crippen LogP contribution is -2.48. The number of carboxylic acids is 1. The van der Waals surface area contributed by atoms with Crippen molar-refractivity contribution in [3.8, 4) is 11.8 Å². The molecule has 0 bridgehead atoms. The van der Waals surface area contributed by atoms with E-state index >= 15 is 0 Å². The van der Waals surface area contributed by atoms with Crippen molar-refractivity contribution in [2.45, 2.75) is 18.0 Å². The van der Waals surface area contributed by atoms with Crippen LogP contribution in [0.25, 0.3) is 0 Å². The number of nitrogens with zero attached hydrogens (tertiary/aromatic N) is 3. The third-order valence-electron chi connectivity index (χ3n) is 4.78. The van der Waals surface area contributed by atoms with Crippen LogP contribution >= 0.6 is 11.3 Å². The Balaban J connectivity index is 1.61. The van der Waals surface area contributed by atoms with E-state index in [2.05, 4.69) is 16.8 Å². The van der Waals surface area contributed by atoms with Crippen LogP contribution in [-0.4, -0.2) is 41.9 Å². The number of carboxylic acid groups (broad SMARTS) is 1. The van der Waals surface area contributed by atoms with Crippen molar-refractivity contribution in [2.75, 3.05) is 11.9 Å². The number of thiazole rings is 1. The van der Waals surface area contributed by atoms with Gasteiger partial charge in [0.15, 0.2) is 5.01 Å². The lowest BCUT2D eigenvalue weighted by Gasteiger charge is -2.31. The number of fused-ring (bicyclic) bond motifs is 1. The van der Waals surface area contributed by atoms with E-state index in [0.717, 1.165) is 21.2 Å². The Morgan fingerprint density at radius 2 is 1.78 bits per heavy atom. The minimum Gasteiger partial charge on any atom is -0.478 e. The molecule has 2 heterocycles. The first-order valence-corrected chi connectivity index (χ1v) is 11.7. The van der Waals surface area contributed by atoms with Gasteiger partial charge in [-0.05, 0) is 29.2 Å². The Hall–Kier alpha value is -3.68. The highest BCUT2D eigenvalue weighted by molar-refractivity contribution is 7.90. The molecule has 1 N–H and O–H groups in total. The van der Waals surface area contributed by atoms with Crippen LogP contribution in [0.2, 0.25) is 0 Å². The number of benzene rings is 2. The molecule has 3 aromatic rings. The summed E-state index contributed by atoms with van der Waals surface area (Å²) in [4.78, 5) is 29.3. The zero-order chi connectivity index (χ0) is 22.9. The van der Waals surface area contributed by atoms with E-state index in [4.69, 9.17) is 5.11 Å². The number of anilines is 1.